The van der Waals surface area contributed by atoms with E-state index in [4.69, 9.17) is 11.6 Å². The smallest absolute Gasteiger partial charge is 0.339 e. The zero-order valence-corrected chi connectivity index (χ0v) is 14.2. The first-order valence-corrected chi connectivity index (χ1v) is 7.86. The molecule has 1 heterocycles. The lowest BCUT2D eigenvalue weighted by atomic mass is 10.1. The van der Waals surface area contributed by atoms with Gasteiger partial charge in [-0.15, -0.1) is 5.10 Å². The number of nitrogens with one attached hydrogen (secondary N) is 2. The second-order valence-corrected chi connectivity index (χ2v) is 5.91. The van der Waals surface area contributed by atoms with Gasteiger partial charge >= 0.3 is 6.18 Å². The lowest BCUT2D eigenvalue weighted by Crippen LogP contribution is -2.10. The summed E-state index contributed by atoms with van der Waals surface area (Å²) in [4.78, 5) is 4.14. The van der Waals surface area contributed by atoms with Crippen LogP contribution in [0, 0.1) is 6.92 Å². The van der Waals surface area contributed by atoms with Gasteiger partial charge in [-0.2, -0.15) is 23.3 Å². The van der Waals surface area contributed by atoms with Crippen molar-refractivity contribution < 1.29 is 13.2 Å². The van der Waals surface area contributed by atoms with Crippen LogP contribution in [0.15, 0.2) is 48.7 Å². The Morgan fingerprint density at radius 1 is 1.00 bits per heavy atom. The third-order valence-corrected chi connectivity index (χ3v) is 3.65. The van der Waals surface area contributed by atoms with E-state index in [9.17, 15) is 13.2 Å². The van der Waals surface area contributed by atoms with Crippen LogP contribution < -0.4 is 10.6 Å². The Hall–Kier alpha value is -2.87. The van der Waals surface area contributed by atoms with Gasteiger partial charge in [-0.1, -0.05) is 29.3 Å². The molecule has 134 valence electrons. The SMILES string of the molecule is Cc1ccc(Nc2cnnc(Nc3ccc(Cl)cc3C(F)(F)F)n2)cc1. The van der Waals surface area contributed by atoms with Crippen LogP contribution in [0.5, 0.6) is 0 Å². The highest BCUT2D eigenvalue weighted by Gasteiger charge is 2.34. The minimum Gasteiger partial charge on any atom is -0.339 e. The molecule has 26 heavy (non-hydrogen) atoms. The normalized spacial score (nSPS) is 11.3. The monoisotopic (exact) mass is 379 g/mol. The molecular weight excluding hydrogens is 367 g/mol. The van der Waals surface area contributed by atoms with E-state index in [1.807, 2.05) is 31.2 Å². The number of rotatable bonds is 4. The lowest BCUT2D eigenvalue weighted by molar-refractivity contribution is -0.136. The third-order valence-electron chi connectivity index (χ3n) is 3.42. The minimum absolute atomic E-state index is 0.0169. The van der Waals surface area contributed by atoms with Gasteiger partial charge in [-0.25, -0.2) is 0 Å². The fourth-order valence-corrected chi connectivity index (χ4v) is 2.35. The van der Waals surface area contributed by atoms with Crippen molar-refractivity contribution in [2.75, 3.05) is 10.6 Å². The van der Waals surface area contributed by atoms with Crippen molar-refractivity contribution in [1.29, 1.82) is 0 Å². The molecular formula is C17H13ClF3N5. The molecule has 0 amide bonds. The van der Waals surface area contributed by atoms with Crippen molar-refractivity contribution in [3.05, 3.63) is 64.8 Å². The average molecular weight is 380 g/mol. The van der Waals surface area contributed by atoms with Crippen LogP contribution in [-0.2, 0) is 6.18 Å². The van der Waals surface area contributed by atoms with E-state index >= 15 is 0 Å². The molecule has 3 aromatic rings. The van der Waals surface area contributed by atoms with Gasteiger partial charge in [0.15, 0.2) is 5.82 Å². The maximum atomic E-state index is 13.2. The van der Waals surface area contributed by atoms with Crippen molar-refractivity contribution in [1.82, 2.24) is 15.2 Å². The zero-order chi connectivity index (χ0) is 18.7. The number of hydrogen-bond donors (Lipinski definition) is 2. The number of aryl methyl sites for hydroxylation is 1. The number of alkyl halides is 3. The molecule has 0 atom stereocenters. The van der Waals surface area contributed by atoms with Gasteiger partial charge in [0, 0.05) is 10.7 Å². The molecule has 3 rings (SSSR count). The van der Waals surface area contributed by atoms with Gasteiger partial charge in [-0.05, 0) is 37.3 Å². The van der Waals surface area contributed by atoms with E-state index in [1.54, 1.807) is 0 Å². The quantitative estimate of drug-likeness (QED) is 0.640. The van der Waals surface area contributed by atoms with E-state index < -0.39 is 11.7 Å². The molecule has 0 saturated carbocycles. The highest BCUT2D eigenvalue weighted by molar-refractivity contribution is 6.30. The van der Waals surface area contributed by atoms with Gasteiger partial charge in [0.25, 0.3) is 0 Å². The van der Waals surface area contributed by atoms with Crippen LogP contribution in [0.2, 0.25) is 5.02 Å². The van der Waals surface area contributed by atoms with Gasteiger partial charge in [0.2, 0.25) is 5.95 Å². The summed E-state index contributed by atoms with van der Waals surface area (Å²) in [5, 5.41) is 13.0. The number of hydrogen-bond acceptors (Lipinski definition) is 5. The molecule has 0 saturated heterocycles. The van der Waals surface area contributed by atoms with E-state index in [0.29, 0.717) is 5.82 Å². The number of benzene rings is 2. The molecule has 2 aromatic carbocycles. The molecule has 0 unspecified atom stereocenters. The van der Waals surface area contributed by atoms with Gasteiger partial charge < -0.3 is 10.6 Å². The Morgan fingerprint density at radius 2 is 1.73 bits per heavy atom. The molecule has 5 nitrogen and oxygen atoms in total. The molecule has 0 bridgehead atoms. The topological polar surface area (TPSA) is 62.7 Å². The predicted octanol–water partition coefficient (Wildman–Crippen LogP) is 5.34. The number of halogens is 4. The molecule has 9 heteroatoms. The molecule has 0 aliphatic rings. The summed E-state index contributed by atoms with van der Waals surface area (Å²) >= 11 is 5.67. The first kappa shape index (κ1) is 17.9. The number of anilines is 4. The second kappa shape index (κ2) is 7.17. The highest BCUT2D eigenvalue weighted by Crippen LogP contribution is 2.37. The Morgan fingerprint density at radius 3 is 2.42 bits per heavy atom. The fraction of sp³-hybridized carbons (Fsp3) is 0.118. The van der Waals surface area contributed by atoms with Gasteiger partial charge in [0.1, 0.15) is 0 Å². The molecule has 0 spiro atoms. The van der Waals surface area contributed by atoms with Crippen LogP contribution in [0.3, 0.4) is 0 Å². The average Bonchev–Trinajstić information content (AvgIpc) is 2.58. The van der Waals surface area contributed by atoms with Crippen LogP contribution >= 0.6 is 11.6 Å². The Bertz CT molecular complexity index is 913. The van der Waals surface area contributed by atoms with E-state index in [2.05, 4.69) is 25.8 Å². The molecule has 1 aromatic heterocycles. The first-order chi connectivity index (χ1) is 12.3. The summed E-state index contributed by atoms with van der Waals surface area (Å²) in [6, 6.07) is 10.9. The molecule has 0 aliphatic heterocycles. The standard InChI is InChI=1S/C17H13ClF3N5/c1-10-2-5-12(6-3-10)23-15-9-22-26-16(25-15)24-14-7-4-11(18)8-13(14)17(19,20)21/h2-9H,1H3,(H2,23,24,25,26). The van der Waals surface area contributed by atoms with Crippen molar-refractivity contribution in [3.8, 4) is 0 Å². The minimum atomic E-state index is -4.57. The maximum absolute atomic E-state index is 13.2. The molecule has 0 fully saturated rings. The van der Waals surface area contributed by atoms with Crippen molar-refractivity contribution in [2.45, 2.75) is 13.1 Å². The zero-order valence-electron chi connectivity index (χ0n) is 13.5. The summed E-state index contributed by atoms with van der Waals surface area (Å²) < 4.78 is 39.5. The molecule has 0 radical (unpaired) electrons. The summed E-state index contributed by atoms with van der Waals surface area (Å²) in [6.07, 6.45) is -3.20. The van der Waals surface area contributed by atoms with Gasteiger partial charge in [-0.3, -0.25) is 0 Å². The number of nitrogens with zero attached hydrogens (tertiary/aromatic N) is 3. The van der Waals surface area contributed by atoms with Gasteiger partial charge in [0.05, 0.1) is 17.4 Å². The van der Waals surface area contributed by atoms with Crippen molar-refractivity contribution in [3.63, 3.8) is 0 Å². The lowest BCUT2D eigenvalue weighted by Gasteiger charge is -2.14. The van der Waals surface area contributed by atoms with Crippen molar-refractivity contribution in [2.24, 2.45) is 0 Å². The predicted molar refractivity (Wildman–Crippen MR) is 94.0 cm³/mol. The third kappa shape index (κ3) is 4.40. The fourth-order valence-electron chi connectivity index (χ4n) is 2.18. The highest BCUT2D eigenvalue weighted by atomic mass is 35.5. The van der Waals surface area contributed by atoms with Crippen LogP contribution in [-0.4, -0.2) is 15.2 Å². The van der Waals surface area contributed by atoms with Crippen LogP contribution in [0.4, 0.5) is 36.3 Å². The van der Waals surface area contributed by atoms with E-state index in [1.165, 1.54) is 18.3 Å². The largest absolute Gasteiger partial charge is 0.418 e. The van der Waals surface area contributed by atoms with Crippen LogP contribution in [0.25, 0.3) is 0 Å². The molecule has 2 N–H and O–H groups in total. The number of aromatic nitrogens is 3. The maximum Gasteiger partial charge on any atom is 0.418 e. The van der Waals surface area contributed by atoms with Crippen LogP contribution in [0.1, 0.15) is 11.1 Å². The summed E-state index contributed by atoms with van der Waals surface area (Å²) in [7, 11) is 0. The van der Waals surface area contributed by atoms with E-state index in [-0.39, 0.29) is 16.7 Å². The Balaban J connectivity index is 1.84. The second-order valence-electron chi connectivity index (χ2n) is 5.47. The molecule has 0 aliphatic carbocycles. The Kier molecular flexibility index (Phi) is 4.94. The summed E-state index contributed by atoms with van der Waals surface area (Å²) in [5.74, 6) is 0.267. The summed E-state index contributed by atoms with van der Waals surface area (Å²) in [5.41, 5.74) is 0.743. The summed E-state index contributed by atoms with van der Waals surface area (Å²) in [6.45, 7) is 1.96. The first-order valence-electron chi connectivity index (χ1n) is 7.48. The Labute approximate surface area is 152 Å². The van der Waals surface area contributed by atoms with E-state index in [0.717, 1.165) is 17.3 Å². The van der Waals surface area contributed by atoms with Crippen molar-refractivity contribution >= 4 is 34.7 Å².